The normalized spacial score (nSPS) is 11.7. The number of hydrogen-bond donors (Lipinski definition) is 2. The Kier molecular flexibility index (Phi) is 3.49. The molecule has 2 aromatic heterocycles. The van der Waals surface area contributed by atoms with Gasteiger partial charge in [0.1, 0.15) is 10.7 Å². The Labute approximate surface area is 110 Å². The fourth-order valence-electron chi connectivity index (χ4n) is 1.47. The molecule has 0 saturated carbocycles. The summed E-state index contributed by atoms with van der Waals surface area (Å²) in [7, 11) is -3.69. The predicted molar refractivity (Wildman–Crippen MR) is 66.4 cm³/mol. The SMILES string of the molecule is Cc1noc(C)c1CNS(=O)(=O)c1cnc(N)nc1. The zero-order chi connectivity index (χ0) is 14.0. The zero-order valence-corrected chi connectivity index (χ0v) is 11.2. The number of nitrogens with one attached hydrogen (secondary N) is 1. The minimum atomic E-state index is -3.69. The molecule has 0 aromatic carbocycles. The van der Waals surface area contributed by atoms with Crippen molar-refractivity contribution in [2.24, 2.45) is 0 Å². The highest BCUT2D eigenvalue weighted by Gasteiger charge is 2.17. The third-order valence-corrected chi connectivity index (χ3v) is 3.93. The quantitative estimate of drug-likeness (QED) is 0.817. The van der Waals surface area contributed by atoms with E-state index in [1.54, 1.807) is 13.8 Å². The van der Waals surface area contributed by atoms with Crippen LogP contribution < -0.4 is 10.5 Å². The second-order valence-electron chi connectivity index (χ2n) is 3.90. The lowest BCUT2D eigenvalue weighted by atomic mass is 10.2. The molecule has 0 aliphatic carbocycles. The minimum Gasteiger partial charge on any atom is -0.368 e. The second kappa shape index (κ2) is 4.94. The molecule has 3 N–H and O–H groups in total. The monoisotopic (exact) mass is 283 g/mol. The smallest absolute Gasteiger partial charge is 0.243 e. The molecule has 9 heteroatoms. The lowest BCUT2D eigenvalue weighted by molar-refractivity contribution is 0.392. The first kappa shape index (κ1) is 13.4. The summed E-state index contributed by atoms with van der Waals surface area (Å²) in [4.78, 5) is 7.24. The van der Waals surface area contributed by atoms with E-state index in [1.165, 1.54) is 0 Å². The van der Waals surface area contributed by atoms with Gasteiger partial charge in [-0.1, -0.05) is 5.16 Å². The number of nitrogens with zero attached hydrogens (tertiary/aromatic N) is 3. The molecule has 0 fully saturated rings. The van der Waals surface area contributed by atoms with E-state index in [9.17, 15) is 8.42 Å². The Morgan fingerprint density at radius 3 is 2.47 bits per heavy atom. The minimum absolute atomic E-state index is 0.0182. The molecule has 0 radical (unpaired) electrons. The third kappa shape index (κ3) is 2.88. The first-order chi connectivity index (χ1) is 8.90. The lowest BCUT2D eigenvalue weighted by Gasteiger charge is -2.05. The summed E-state index contributed by atoms with van der Waals surface area (Å²) in [6.45, 7) is 3.55. The van der Waals surface area contributed by atoms with E-state index in [1.807, 2.05) is 0 Å². The van der Waals surface area contributed by atoms with E-state index in [-0.39, 0.29) is 17.4 Å². The number of anilines is 1. The van der Waals surface area contributed by atoms with Crippen LogP contribution in [0.5, 0.6) is 0 Å². The van der Waals surface area contributed by atoms with E-state index in [0.29, 0.717) is 17.0 Å². The van der Waals surface area contributed by atoms with Gasteiger partial charge < -0.3 is 10.3 Å². The standard InChI is InChI=1S/C10H13N5O3S/c1-6-9(7(2)18-15-6)5-14-19(16,17)8-3-12-10(11)13-4-8/h3-4,14H,5H2,1-2H3,(H2,11,12,13). The Morgan fingerprint density at radius 1 is 1.32 bits per heavy atom. The number of aryl methyl sites for hydroxylation is 2. The largest absolute Gasteiger partial charge is 0.368 e. The summed E-state index contributed by atoms with van der Waals surface area (Å²) in [5.41, 5.74) is 6.66. The molecule has 2 aromatic rings. The van der Waals surface area contributed by atoms with Gasteiger partial charge >= 0.3 is 0 Å². The molecule has 19 heavy (non-hydrogen) atoms. The maximum absolute atomic E-state index is 12.0. The Morgan fingerprint density at radius 2 is 1.95 bits per heavy atom. The highest BCUT2D eigenvalue weighted by atomic mass is 32.2. The summed E-state index contributed by atoms with van der Waals surface area (Å²) in [6, 6.07) is 0. The van der Waals surface area contributed by atoms with Gasteiger partial charge in [0.2, 0.25) is 16.0 Å². The van der Waals surface area contributed by atoms with Crippen molar-refractivity contribution in [3.63, 3.8) is 0 Å². The molecule has 102 valence electrons. The van der Waals surface area contributed by atoms with Crippen LogP contribution in [0.25, 0.3) is 0 Å². The molecule has 0 amide bonds. The number of aromatic nitrogens is 3. The van der Waals surface area contributed by atoms with E-state index in [2.05, 4.69) is 19.8 Å². The van der Waals surface area contributed by atoms with E-state index >= 15 is 0 Å². The number of sulfonamides is 1. The highest BCUT2D eigenvalue weighted by molar-refractivity contribution is 7.89. The highest BCUT2D eigenvalue weighted by Crippen LogP contribution is 2.13. The number of nitrogen functional groups attached to an aromatic ring is 1. The molecule has 2 heterocycles. The van der Waals surface area contributed by atoms with Gasteiger partial charge in [0.05, 0.1) is 18.1 Å². The van der Waals surface area contributed by atoms with Gasteiger partial charge in [0.15, 0.2) is 0 Å². The Balaban J connectivity index is 2.16. The van der Waals surface area contributed by atoms with Gasteiger partial charge in [0.25, 0.3) is 0 Å². The van der Waals surface area contributed by atoms with Crippen LogP contribution in [0.2, 0.25) is 0 Å². The Hall–Kier alpha value is -2.00. The van der Waals surface area contributed by atoms with Crippen LogP contribution in [0, 0.1) is 13.8 Å². The molecule has 0 atom stereocenters. The fourth-order valence-corrected chi connectivity index (χ4v) is 2.35. The van der Waals surface area contributed by atoms with Crippen molar-refractivity contribution >= 4 is 16.0 Å². The number of nitrogens with two attached hydrogens (primary N) is 1. The topological polar surface area (TPSA) is 124 Å². The second-order valence-corrected chi connectivity index (χ2v) is 5.67. The molecule has 8 nitrogen and oxygen atoms in total. The van der Waals surface area contributed by atoms with Gasteiger partial charge in [-0.15, -0.1) is 0 Å². The zero-order valence-electron chi connectivity index (χ0n) is 10.4. The summed E-state index contributed by atoms with van der Waals surface area (Å²) >= 11 is 0. The van der Waals surface area contributed by atoms with Crippen molar-refractivity contribution in [2.45, 2.75) is 25.3 Å². The van der Waals surface area contributed by atoms with Crippen molar-refractivity contribution in [3.8, 4) is 0 Å². The van der Waals surface area contributed by atoms with Crippen LogP contribution in [0.15, 0.2) is 21.8 Å². The van der Waals surface area contributed by atoms with Crippen LogP contribution in [0.4, 0.5) is 5.95 Å². The van der Waals surface area contributed by atoms with Gasteiger partial charge in [-0.25, -0.2) is 23.1 Å². The molecule has 0 bridgehead atoms. The molecule has 0 unspecified atom stereocenters. The van der Waals surface area contributed by atoms with Gasteiger partial charge in [-0.05, 0) is 13.8 Å². The first-order valence-electron chi connectivity index (χ1n) is 5.39. The molecule has 0 spiro atoms. The molecule has 2 rings (SSSR count). The van der Waals surface area contributed by atoms with Gasteiger partial charge in [-0.3, -0.25) is 0 Å². The molecular weight excluding hydrogens is 270 g/mol. The van der Waals surface area contributed by atoms with Crippen molar-refractivity contribution in [1.29, 1.82) is 0 Å². The maximum Gasteiger partial charge on any atom is 0.243 e. The summed E-state index contributed by atoms with van der Waals surface area (Å²) < 4.78 is 31.3. The Bertz CT molecular complexity index is 658. The summed E-state index contributed by atoms with van der Waals surface area (Å²) in [5.74, 6) is 0.596. The van der Waals surface area contributed by atoms with Crippen LogP contribution in [0.3, 0.4) is 0 Å². The average molecular weight is 283 g/mol. The molecular formula is C10H13N5O3S. The van der Waals surface area contributed by atoms with Crippen LogP contribution >= 0.6 is 0 Å². The van der Waals surface area contributed by atoms with Crippen LogP contribution in [-0.2, 0) is 16.6 Å². The average Bonchev–Trinajstić information content (AvgIpc) is 2.67. The molecule has 0 saturated heterocycles. The van der Waals surface area contributed by atoms with E-state index in [4.69, 9.17) is 10.3 Å². The van der Waals surface area contributed by atoms with E-state index < -0.39 is 10.0 Å². The fraction of sp³-hybridized carbons (Fsp3) is 0.300. The van der Waals surface area contributed by atoms with Crippen molar-refractivity contribution in [3.05, 3.63) is 29.4 Å². The molecule has 0 aliphatic rings. The predicted octanol–water partition coefficient (Wildman–Crippen LogP) is 0.142. The van der Waals surface area contributed by atoms with Crippen LogP contribution in [0.1, 0.15) is 17.0 Å². The van der Waals surface area contributed by atoms with Gasteiger partial charge in [-0.2, -0.15) is 0 Å². The lowest BCUT2D eigenvalue weighted by Crippen LogP contribution is -2.24. The first-order valence-corrected chi connectivity index (χ1v) is 6.87. The molecule has 0 aliphatic heterocycles. The summed E-state index contributed by atoms with van der Waals surface area (Å²) in [5, 5.41) is 3.75. The summed E-state index contributed by atoms with van der Waals surface area (Å²) in [6.07, 6.45) is 2.30. The van der Waals surface area contributed by atoms with E-state index in [0.717, 1.165) is 12.4 Å². The van der Waals surface area contributed by atoms with Crippen molar-refractivity contribution in [2.75, 3.05) is 5.73 Å². The van der Waals surface area contributed by atoms with Crippen LogP contribution in [-0.4, -0.2) is 23.5 Å². The third-order valence-electron chi connectivity index (χ3n) is 2.58. The van der Waals surface area contributed by atoms with Gasteiger partial charge in [0, 0.05) is 12.1 Å². The maximum atomic E-state index is 12.0. The number of hydrogen-bond acceptors (Lipinski definition) is 7. The number of rotatable bonds is 4. The van der Waals surface area contributed by atoms with Crippen molar-refractivity contribution < 1.29 is 12.9 Å². The van der Waals surface area contributed by atoms with Crippen molar-refractivity contribution in [1.82, 2.24) is 19.8 Å².